The molecule has 0 saturated heterocycles. The van der Waals surface area contributed by atoms with Gasteiger partial charge in [0.15, 0.2) is 0 Å². The number of carbonyl (C=O) groups is 1. The van der Waals surface area contributed by atoms with Crippen LogP contribution in [0, 0.1) is 0 Å². The van der Waals surface area contributed by atoms with Crippen molar-refractivity contribution in [3.05, 3.63) is 90.1 Å². The lowest BCUT2D eigenvalue weighted by Gasteiger charge is -2.08. The van der Waals surface area contributed by atoms with Crippen LogP contribution in [-0.2, 0) is 13.7 Å². The number of aromatic nitrogens is 1. The molecule has 4 aromatic rings. The van der Waals surface area contributed by atoms with Crippen molar-refractivity contribution in [1.29, 1.82) is 0 Å². The third-order valence-electron chi connectivity index (χ3n) is 4.63. The first kappa shape index (κ1) is 16.9. The topological polar surface area (TPSA) is 51.5 Å². The van der Waals surface area contributed by atoms with Crippen LogP contribution in [-0.4, -0.2) is 15.6 Å². The molecule has 134 valence electrons. The van der Waals surface area contributed by atoms with Gasteiger partial charge in [-0.05, 0) is 35.4 Å². The van der Waals surface area contributed by atoms with Crippen molar-refractivity contribution < 1.29 is 14.6 Å². The number of aryl methyl sites for hydroxylation is 1. The van der Waals surface area contributed by atoms with Crippen molar-refractivity contribution >= 4 is 16.9 Å². The maximum Gasteiger partial charge on any atom is 0.335 e. The van der Waals surface area contributed by atoms with Crippen LogP contribution in [0.1, 0.15) is 15.9 Å². The van der Waals surface area contributed by atoms with E-state index < -0.39 is 5.97 Å². The number of nitrogens with zero attached hydrogens (tertiary/aromatic N) is 1. The van der Waals surface area contributed by atoms with E-state index in [4.69, 9.17) is 4.74 Å². The number of hydrogen-bond donors (Lipinski definition) is 1. The van der Waals surface area contributed by atoms with E-state index >= 15 is 0 Å². The van der Waals surface area contributed by atoms with Gasteiger partial charge in [0, 0.05) is 29.7 Å². The Hall–Kier alpha value is -3.53. The summed E-state index contributed by atoms with van der Waals surface area (Å²) >= 11 is 0. The summed E-state index contributed by atoms with van der Waals surface area (Å²) in [6, 6.07) is 23.2. The first-order valence-corrected chi connectivity index (χ1v) is 8.71. The van der Waals surface area contributed by atoms with Crippen molar-refractivity contribution in [3.8, 4) is 16.9 Å². The van der Waals surface area contributed by atoms with E-state index in [1.807, 2.05) is 78.5 Å². The number of benzene rings is 3. The van der Waals surface area contributed by atoms with Gasteiger partial charge in [-0.1, -0.05) is 48.5 Å². The Morgan fingerprint density at radius 3 is 2.59 bits per heavy atom. The average Bonchev–Trinajstić information content (AvgIpc) is 3.03. The maximum atomic E-state index is 11.2. The highest BCUT2D eigenvalue weighted by molar-refractivity contribution is 6.00. The summed E-state index contributed by atoms with van der Waals surface area (Å²) in [6.07, 6.45) is 2.02. The summed E-state index contributed by atoms with van der Waals surface area (Å²) in [7, 11) is 1.92. The van der Waals surface area contributed by atoms with Gasteiger partial charge in [0.1, 0.15) is 12.4 Å². The molecule has 0 aliphatic carbocycles. The summed E-state index contributed by atoms with van der Waals surface area (Å²) in [6.45, 7) is 0.516. The molecule has 0 unspecified atom stereocenters. The monoisotopic (exact) mass is 357 g/mol. The van der Waals surface area contributed by atoms with Gasteiger partial charge in [-0.3, -0.25) is 0 Å². The summed E-state index contributed by atoms with van der Waals surface area (Å²) in [4.78, 5) is 11.2. The van der Waals surface area contributed by atoms with Crippen molar-refractivity contribution in [2.45, 2.75) is 6.61 Å². The van der Waals surface area contributed by atoms with E-state index in [9.17, 15) is 9.90 Å². The van der Waals surface area contributed by atoms with Gasteiger partial charge in [0.05, 0.1) is 5.56 Å². The summed E-state index contributed by atoms with van der Waals surface area (Å²) in [5.41, 5.74) is 4.38. The lowest BCUT2D eigenvalue weighted by Crippen LogP contribution is -1.96. The Bertz CT molecular complexity index is 1110. The highest BCUT2D eigenvalue weighted by Gasteiger charge is 2.12. The smallest absolute Gasteiger partial charge is 0.335 e. The fourth-order valence-electron chi connectivity index (χ4n) is 3.24. The molecule has 1 N–H and O–H groups in total. The van der Waals surface area contributed by atoms with Crippen LogP contribution >= 0.6 is 0 Å². The number of ether oxygens (including phenoxy) is 1. The van der Waals surface area contributed by atoms with Gasteiger partial charge < -0.3 is 14.4 Å². The summed E-state index contributed by atoms with van der Waals surface area (Å²) < 4.78 is 7.89. The zero-order chi connectivity index (χ0) is 18.8. The third kappa shape index (κ3) is 3.42. The van der Waals surface area contributed by atoms with Gasteiger partial charge in [-0.15, -0.1) is 0 Å². The first-order chi connectivity index (χ1) is 13.1. The van der Waals surface area contributed by atoms with Crippen molar-refractivity contribution in [1.82, 2.24) is 4.57 Å². The number of rotatable bonds is 5. The molecule has 4 heteroatoms. The zero-order valence-electron chi connectivity index (χ0n) is 14.9. The van der Waals surface area contributed by atoms with Crippen LogP contribution in [0.4, 0.5) is 0 Å². The first-order valence-electron chi connectivity index (χ1n) is 8.71. The molecule has 0 aliphatic rings. The lowest BCUT2D eigenvalue weighted by atomic mass is 10.0. The second-order valence-corrected chi connectivity index (χ2v) is 6.49. The number of fused-ring (bicyclic) bond motifs is 1. The van der Waals surface area contributed by atoms with E-state index in [0.29, 0.717) is 6.61 Å². The third-order valence-corrected chi connectivity index (χ3v) is 4.63. The van der Waals surface area contributed by atoms with Crippen LogP contribution in [0.15, 0.2) is 79.0 Å². The number of hydrogen-bond acceptors (Lipinski definition) is 2. The fourth-order valence-corrected chi connectivity index (χ4v) is 3.24. The predicted molar refractivity (Wildman–Crippen MR) is 106 cm³/mol. The van der Waals surface area contributed by atoms with Gasteiger partial charge in [0.25, 0.3) is 0 Å². The Balaban J connectivity index is 1.66. The second kappa shape index (κ2) is 7.00. The van der Waals surface area contributed by atoms with Crippen LogP contribution in [0.2, 0.25) is 0 Å². The average molecular weight is 357 g/mol. The van der Waals surface area contributed by atoms with Crippen molar-refractivity contribution in [2.75, 3.05) is 0 Å². The summed E-state index contributed by atoms with van der Waals surface area (Å²) in [5, 5.41) is 10.2. The van der Waals surface area contributed by atoms with Crippen LogP contribution in [0.5, 0.6) is 5.75 Å². The Morgan fingerprint density at radius 1 is 1.00 bits per heavy atom. The standard InChI is InChI=1S/C23H19NO3/c1-24-14-21(20-11-10-18(23(25)26)13-22(20)24)17-8-5-9-19(12-17)27-15-16-6-3-2-4-7-16/h2-14H,15H2,1H3,(H,25,26). The molecule has 4 rings (SSSR count). The second-order valence-electron chi connectivity index (χ2n) is 6.49. The van der Waals surface area contributed by atoms with Gasteiger partial charge in [-0.25, -0.2) is 4.79 Å². The van der Waals surface area contributed by atoms with Gasteiger partial charge >= 0.3 is 5.97 Å². The van der Waals surface area contributed by atoms with Crippen LogP contribution < -0.4 is 4.74 Å². The molecule has 0 radical (unpaired) electrons. The lowest BCUT2D eigenvalue weighted by molar-refractivity contribution is 0.0697. The van der Waals surface area contributed by atoms with Gasteiger partial charge in [-0.2, -0.15) is 0 Å². The fraction of sp³-hybridized carbons (Fsp3) is 0.0870. The molecule has 3 aromatic carbocycles. The SMILES string of the molecule is Cn1cc(-c2cccc(OCc3ccccc3)c2)c2ccc(C(=O)O)cc21. The molecule has 0 atom stereocenters. The van der Waals surface area contributed by atoms with E-state index in [1.165, 1.54) is 0 Å². The number of carboxylic acid groups (broad SMARTS) is 1. The molecule has 4 nitrogen and oxygen atoms in total. The number of carboxylic acids is 1. The van der Waals surface area contributed by atoms with Gasteiger partial charge in [0.2, 0.25) is 0 Å². The van der Waals surface area contributed by atoms with Crippen LogP contribution in [0.3, 0.4) is 0 Å². The summed E-state index contributed by atoms with van der Waals surface area (Å²) in [5.74, 6) is -0.119. The molecular formula is C23H19NO3. The molecule has 0 fully saturated rings. The van der Waals surface area contributed by atoms with E-state index in [0.717, 1.165) is 33.3 Å². The van der Waals surface area contributed by atoms with Crippen molar-refractivity contribution in [2.24, 2.45) is 7.05 Å². The van der Waals surface area contributed by atoms with E-state index in [1.54, 1.807) is 12.1 Å². The molecule has 0 amide bonds. The highest BCUT2D eigenvalue weighted by Crippen LogP contribution is 2.32. The highest BCUT2D eigenvalue weighted by atomic mass is 16.5. The maximum absolute atomic E-state index is 11.2. The minimum atomic E-state index is -0.920. The molecule has 0 saturated carbocycles. The molecule has 1 heterocycles. The minimum absolute atomic E-state index is 0.287. The van der Waals surface area contributed by atoms with Crippen molar-refractivity contribution in [3.63, 3.8) is 0 Å². The quantitative estimate of drug-likeness (QED) is 0.539. The Morgan fingerprint density at radius 2 is 1.81 bits per heavy atom. The normalized spacial score (nSPS) is 10.9. The molecular weight excluding hydrogens is 338 g/mol. The molecule has 1 aromatic heterocycles. The van der Waals surface area contributed by atoms with Crippen LogP contribution in [0.25, 0.3) is 22.0 Å². The molecule has 0 aliphatic heterocycles. The number of aromatic carboxylic acids is 1. The zero-order valence-corrected chi connectivity index (χ0v) is 14.9. The Labute approximate surface area is 157 Å². The predicted octanol–water partition coefficient (Wildman–Crippen LogP) is 5.12. The Kier molecular flexibility index (Phi) is 4.38. The van der Waals surface area contributed by atoms with E-state index in [2.05, 4.69) is 0 Å². The molecule has 27 heavy (non-hydrogen) atoms. The van der Waals surface area contributed by atoms with E-state index in [-0.39, 0.29) is 5.56 Å². The minimum Gasteiger partial charge on any atom is -0.489 e. The molecule has 0 bridgehead atoms. The molecule has 0 spiro atoms. The largest absolute Gasteiger partial charge is 0.489 e.